The Balaban J connectivity index is 1.54. The number of rotatable bonds is 6. The zero-order valence-electron chi connectivity index (χ0n) is 13.9. The molecule has 7 heteroatoms. The van der Waals surface area contributed by atoms with Gasteiger partial charge in [0, 0.05) is 16.6 Å². The molecule has 2 N–H and O–H groups in total. The van der Waals surface area contributed by atoms with Gasteiger partial charge in [-0.05, 0) is 31.2 Å². The van der Waals surface area contributed by atoms with Crippen LogP contribution >= 0.6 is 23.1 Å². The Morgan fingerprint density at radius 3 is 2.46 bits per heavy atom. The average molecular weight is 384 g/mol. The summed E-state index contributed by atoms with van der Waals surface area (Å²) in [4.78, 5) is 27.4. The maximum Gasteiger partial charge on any atom is 0.335 e. The van der Waals surface area contributed by atoms with E-state index < -0.39 is 5.97 Å². The SMILES string of the molecule is Cc1ccc(-c2csc(SCC(=O)Nc3ccc(C(=O)O)cc3)n2)cc1. The van der Waals surface area contributed by atoms with Gasteiger partial charge < -0.3 is 10.4 Å². The van der Waals surface area contributed by atoms with Gasteiger partial charge in [-0.3, -0.25) is 4.79 Å². The maximum atomic E-state index is 12.0. The maximum absolute atomic E-state index is 12.0. The zero-order valence-corrected chi connectivity index (χ0v) is 15.6. The van der Waals surface area contributed by atoms with Crippen molar-refractivity contribution < 1.29 is 14.7 Å². The molecule has 0 spiro atoms. The molecule has 0 aliphatic rings. The summed E-state index contributed by atoms with van der Waals surface area (Å²) < 4.78 is 0.831. The quantitative estimate of drug-likeness (QED) is 0.610. The number of hydrogen-bond donors (Lipinski definition) is 2. The fourth-order valence-corrected chi connectivity index (χ4v) is 3.84. The van der Waals surface area contributed by atoms with Crippen LogP contribution in [0.5, 0.6) is 0 Å². The van der Waals surface area contributed by atoms with Crippen molar-refractivity contribution in [3.63, 3.8) is 0 Å². The molecule has 26 heavy (non-hydrogen) atoms. The van der Waals surface area contributed by atoms with Crippen LogP contribution in [0.2, 0.25) is 0 Å². The molecule has 0 aliphatic carbocycles. The van der Waals surface area contributed by atoms with Gasteiger partial charge in [-0.25, -0.2) is 9.78 Å². The minimum absolute atomic E-state index is 0.162. The van der Waals surface area contributed by atoms with E-state index in [1.165, 1.54) is 40.8 Å². The number of aryl methyl sites for hydroxylation is 1. The van der Waals surface area contributed by atoms with Crippen molar-refractivity contribution in [3.8, 4) is 11.3 Å². The number of amides is 1. The van der Waals surface area contributed by atoms with Crippen LogP contribution in [0.25, 0.3) is 11.3 Å². The number of carboxylic acids is 1. The Hall–Kier alpha value is -2.64. The highest BCUT2D eigenvalue weighted by atomic mass is 32.2. The lowest BCUT2D eigenvalue weighted by molar-refractivity contribution is -0.113. The number of nitrogens with one attached hydrogen (secondary N) is 1. The number of nitrogens with zero attached hydrogens (tertiary/aromatic N) is 1. The van der Waals surface area contributed by atoms with Crippen LogP contribution in [-0.4, -0.2) is 27.7 Å². The van der Waals surface area contributed by atoms with E-state index in [-0.39, 0.29) is 17.2 Å². The number of benzene rings is 2. The third kappa shape index (κ3) is 4.71. The van der Waals surface area contributed by atoms with Gasteiger partial charge in [0.1, 0.15) is 0 Å². The summed E-state index contributed by atoms with van der Waals surface area (Å²) in [5.41, 5.74) is 3.92. The molecular formula is C19H16N2O3S2. The summed E-state index contributed by atoms with van der Waals surface area (Å²) in [5.74, 6) is -0.918. The third-order valence-electron chi connectivity index (χ3n) is 3.57. The van der Waals surface area contributed by atoms with Crippen LogP contribution in [0, 0.1) is 6.92 Å². The monoisotopic (exact) mass is 384 g/mol. The Bertz CT molecular complexity index is 919. The molecule has 0 atom stereocenters. The van der Waals surface area contributed by atoms with Crippen molar-refractivity contribution in [1.82, 2.24) is 4.98 Å². The van der Waals surface area contributed by atoms with E-state index in [1.807, 2.05) is 36.6 Å². The van der Waals surface area contributed by atoms with Crippen LogP contribution in [0.4, 0.5) is 5.69 Å². The van der Waals surface area contributed by atoms with E-state index in [1.54, 1.807) is 12.1 Å². The molecular weight excluding hydrogens is 368 g/mol. The molecule has 3 aromatic rings. The standard InChI is InChI=1S/C19H16N2O3S2/c1-12-2-4-13(5-3-12)16-10-25-19(21-16)26-11-17(22)20-15-8-6-14(7-9-15)18(23)24/h2-10H,11H2,1H3,(H,20,22)(H,23,24). The van der Waals surface area contributed by atoms with Crippen LogP contribution in [0.3, 0.4) is 0 Å². The van der Waals surface area contributed by atoms with E-state index in [0.717, 1.165) is 15.6 Å². The van der Waals surface area contributed by atoms with Gasteiger partial charge in [0.25, 0.3) is 0 Å². The normalized spacial score (nSPS) is 10.5. The second-order valence-corrected chi connectivity index (χ2v) is 7.66. The number of anilines is 1. The van der Waals surface area contributed by atoms with E-state index >= 15 is 0 Å². The lowest BCUT2D eigenvalue weighted by atomic mass is 10.1. The number of carbonyl (C=O) groups is 2. The molecule has 0 saturated carbocycles. The van der Waals surface area contributed by atoms with Gasteiger partial charge in [0.2, 0.25) is 5.91 Å². The van der Waals surface area contributed by atoms with E-state index in [9.17, 15) is 9.59 Å². The van der Waals surface area contributed by atoms with Gasteiger partial charge in [-0.15, -0.1) is 11.3 Å². The van der Waals surface area contributed by atoms with Gasteiger partial charge in [0.05, 0.1) is 17.0 Å². The largest absolute Gasteiger partial charge is 0.478 e. The highest BCUT2D eigenvalue weighted by Crippen LogP contribution is 2.28. The summed E-state index contributed by atoms with van der Waals surface area (Å²) in [5, 5.41) is 13.6. The number of thiazole rings is 1. The highest BCUT2D eigenvalue weighted by molar-refractivity contribution is 8.01. The Morgan fingerprint density at radius 2 is 1.81 bits per heavy atom. The molecule has 1 amide bonds. The molecule has 3 rings (SSSR count). The molecule has 0 radical (unpaired) electrons. The molecule has 0 saturated heterocycles. The van der Waals surface area contributed by atoms with Crippen LogP contribution < -0.4 is 5.32 Å². The first kappa shape index (κ1) is 18.2. The van der Waals surface area contributed by atoms with Crippen LogP contribution in [0.15, 0.2) is 58.3 Å². The molecule has 0 aliphatic heterocycles. The first-order chi connectivity index (χ1) is 12.5. The van der Waals surface area contributed by atoms with Crippen molar-refractivity contribution in [3.05, 3.63) is 65.0 Å². The predicted molar refractivity (Wildman–Crippen MR) is 105 cm³/mol. The fourth-order valence-electron chi connectivity index (χ4n) is 2.20. The zero-order chi connectivity index (χ0) is 18.5. The average Bonchev–Trinajstić information content (AvgIpc) is 3.10. The number of aromatic nitrogens is 1. The number of aromatic carboxylic acids is 1. The summed E-state index contributed by atoms with van der Waals surface area (Å²) in [6.07, 6.45) is 0. The minimum atomic E-state index is -0.994. The first-order valence-corrected chi connectivity index (χ1v) is 9.66. The second kappa shape index (κ2) is 8.16. The van der Waals surface area contributed by atoms with E-state index in [0.29, 0.717) is 5.69 Å². The van der Waals surface area contributed by atoms with Crippen molar-refractivity contribution in [2.24, 2.45) is 0 Å². The van der Waals surface area contributed by atoms with Crippen LogP contribution in [-0.2, 0) is 4.79 Å². The van der Waals surface area contributed by atoms with Crippen molar-refractivity contribution >= 4 is 40.7 Å². The number of thioether (sulfide) groups is 1. The van der Waals surface area contributed by atoms with Crippen LogP contribution in [0.1, 0.15) is 15.9 Å². The lowest BCUT2D eigenvalue weighted by Gasteiger charge is -2.04. The van der Waals surface area contributed by atoms with Crippen molar-refractivity contribution in [2.45, 2.75) is 11.3 Å². The lowest BCUT2D eigenvalue weighted by Crippen LogP contribution is -2.14. The summed E-state index contributed by atoms with van der Waals surface area (Å²) >= 11 is 2.88. The Labute approximate surface area is 159 Å². The molecule has 1 aromatic heterocycles. The summed E-state index contributed by atoms with van der Waals surface area (Å²) in [6, 6.07) is 14.2. The molecule has 0 unspecified atom stereocenters. The van der Waals surface area contributed by atoms with E-state index in [2.05, 4.69) is 10.3 Å². The smallest absolute Gasteiger partial charge is 0.335 e. The number of hydrogen-bond acceptors (Lipinski definition) is 5. The van der Waals surface area contributed by atoms with Crippen molar-refractivity contribution in [2.75, 3.05) is 11.1 Å². The molecule has 0 fully saturated rings. The number of carbonyl (C=O) groups excluding carboxylic acids is 1. The summed E-state index contributed by atoms with van der Waals surface area (Å²) in [7, 11) is 0. The van der Waals surface area contributed by atoms with Crippen molar-refractivity contribution in [1.29, 1.82) is 0 Å². The molecule has 0 bridgehead atoms. The topological polar surface area (TPSA) is 79.3 Å². The third-order valence-corrected chi connectivity index (χ3v) is 5.59. The highest BCUT2D eigenvalue weighted by Gasteiger charge is 2.09. The Morgan fingerprint density at radius 1 is 1.12 bits per heavy atom. The first-order valence-electron chi connectivity index (χ1n) is 7.80. The predicted octanol–water partition coefficient (Wildman–Crippen LogP) is 4.55. The molecule has 132 valence electrons. The fraction of sp³-hybridized carbons (Fsp3) is 0.105. The summed E-state index contributed by atoms with van der Waals surface area (Å²) in [6.45, 7) is 2.04. The van der Waals surface area contributed by atoms with Gasteiger partial charge in [-0.1, -0.05) is 41.6 Å². The van der Waals surface area contributed by atoms with E-state index in [4.69, 9.17) is 5.11 Å². The van der Waals surface area contributed by atoms with Gasteiger partial charge in [-0.2, -0.15) is 0 Å². The second-order valence-electron chi connectivity index (χ2n) is 5.58. The molecule has 5 nitrogen and oxygen atoms in total. The number of carboxylic acid groups (broad SMARTS) is 1. The molecule has 2 aromatic carbocycles. The minimum Gasteiger partial charge on any atom is -0.478 e. The van der Waals surface area contributed by atoms with Gasteiger partial charge in [0.15, 0.2) is 4.34 Å². The Kier molecular flexibility index (Phi) is 5.70. The van der Waals surface area contributed by atoms with Gasteiger partial charge >= 0.3 is 5.97 Å². The molecule has 1 heterocycles.